The topological polar surface area (TPSA) is 57.2 Å². The molecule has 0 N–H and O–H groups in total. The maximum atomic E-state index is 13.8. The molecule has 0 saturated heterocycles. The maximum absolute atomic E-state index is 13.8. The summed E-state index contributed by atoms with van der Waals surface area (Å²) in [5.74, 6) is 2.60. The van der Waals surface area contributed by atoms with Crippen molar-refractivity contribution in [3.63, 3.8) is 0 Å². The van der Waals surface area contributed by atoms with E-state index in [0.29, 0.717) is 49.0 Å². The molecule has 0 saturated carbocycles. The van der Waals surface area contributed by atoms with Crippen molar-refractivity contribution >= 4 is 5.91 Å². The lowest BCUT2D eigenvalue weighted by Crippen LogP contribution is -2.42. The Bertz CT molecular complexity index is 1160. The van der Waals surface area contributed by atoms with Crippen LogP contribution in [0.3, 0.4) is 0 Å². The van der Waals surface area contributed by atoms with Crippen molar-refractivity contribution in [3.05, 3.63) is 82.9 Å². The number of rotatable bonds is 9. The summed E-state index contributed by atoms with van der Waals surface area (Å²) in [7, 11) is 3.25. The van der Waals surface area contributed by atoms with Crippen molar-refractivity contribution in [2.75, 3.05) is 34.0 Å². The quantitative estimate of drug-likeness (QED) is 0.410. The SMILES string of the molecule is CCOc1ccccc1C(=O)N1CCc2cc(OC)c(OC)cc2C1COc1ccc(CC)cc1. The van der Waals surface area contributed by atoms with Crippen molar-refractivity contribution in [2.45, 2.75) is 32.7 Å². The molecule has 0 radical (unpaired) electrons. The first-order chi connectivity index (χ1) is 17.1. The van der Waals surface area contributed by atoms with Gasteiger partial charge in [0.15, 0.2) is 11.5 Å². The molecule has 0 fully saturated rings. The number of nitrogens with zero attached hydrogens (tertiary/aromatic N) is 1. The number of ether oxygens (including phenoxy) is 4. The molecule has 1 aliphatic heterocycles. The Balaban J connectivity index is 1.70. The van der Waals surface area contributed by atoms with E-state index >= 15 is 0 Å². The zero-order valence-corrected chi connectivity index (χ0v) is 20.9. The van der Waals surface area contributed by atoms with E-state index in [4.69, 9.17) is 18.9 Å². The Kier molecular flexibility index (Phi) is 7.80. The lowest BCUT2D eigenvalue weighted by Gasteiger charge is -2.38. The number of fused-ring (bicyclic) bond motifs is 1. The second-order valence-electron chi connectivity index (χ2n) is 8.41. The molecule has 3 aromatic carbocycles. The lowest BCUT2D eigenvalue weighted by atomic mass is 9.91. The average Bonchev–Trinajstić information content (AvgIpc) is 2.91. The molecule has 4 rings (SSSR count). The Labute approximate surface area is 207 Å². The molecule has 0 bridgehead atoms. The van der Waals surface area contributed by atoms with Gasteiger partial charge in [0.1, 0.15) is 18.1 Å². The third-order valence-electron chi connectivity index (χ3n) is 6.42. The van der Waals surface area contributed by atoms with Crippen molar-refractivity contribution < 1.29 is 23.7 Å². The summed E-state index contributed by atoms with van der Waals surface area (Å²) in [4.78, 5) is 15.7. The first kappa shape index (κ1) is 24.5. The fraction of sp³-hybridized carbons (Fsp3) is 0.345. The van der Waals surface area contributed by atoms with Crippen molar-refractivity contribution in [1.29, 1.82) is 0 Å². The van der Waals surface area contributed by atoms with Crippen molar-refractivity contribution in [3.8, 4) is 23.0 Å². The highest BCUT2D eigenvalue weighted by Gasteiger charge is 2.34. The van der Waals surface area contributed by atoms with E-state index in [1.165, 1.54) is 5.56 Å². The summed E-state index contributed by atoms with van der Waals surface area (Å²) in [5.41, 5.74) is 3.93. The van der Waals surface area contributed by atoms with Crippen LogP contribution < -0.4 is 18.9 Å². The van der Waals surface area contributed by atoms with E-state index in [-0.39, 0.29) is 11.9 Å². The summed E-state index contributed by atoms with van der Waals surface area (Å²) >= 11 is 0. The predicted octanol–water partition coefficient (Wildman–Crippen LogP) is 5.48. The minimum Gasteiger partial charge on any atom is -0.493 e. The number of amides is 1. The molecule has 35 heavy (non-hydrogen) atoms. The third-order valence-corrected chi connectivity index (χ3v) is 6.42. The maximum Gasteiger partial charge on any atom is 0.258 e. The van der Waals surface area contributed by atoms with Crippen LogP contribution in [0.25, 0.3) is 0 Å². The van der Waals surface area contributed by atoms with Crippen LogP contribution in [-0.4, -0.2) is 44.8 Å². The largest absolute Gasteiger partial charge is 0.493 e. The minimum absolute atomic E-state index is 0.0792. The average molecular weight is 476 g/mol. The number of hydrogen-bond acceptors (Lipinski definition) is 5. The first-order valence-electron chi connectivity index (χ1n) is 12.1. The number of carbonyl (C=O) groups excluding carboxylic acids is 1. The van der Waals surface area contributed by atoms with Gasteiger partial charge in [-0.15, -0.1) is 0 Å². The Morgan fingerprint density at radius 3 is 2.31 bits per heavy atom. The molecule has 1 unspecified atom stereocenters. The molecule has 1 atom stereocenters. The fourth-order valence-corrected chi connectivity index (χ4v) is 4.53. The Morgan fingerprint density at radius 2 is 1.63 bits per heavy atom. The molecule has 1 amide bonds. The monoisotopic (exact) mass is 475 g/mol. The highest BCUT2D eigenvalue weighted by Crippen LogP contribution is 2.39. The van der Waals surface area contributed by atoms with Crippen LogP contribution in [-0.2, 0) is 12.8 Å². The minimum atomic E-state index is -0.299. The van der Waals surface area contributed by atoms with Gasteiger partial charge in [0.25, 0.3) is 5.91 Å². The van der Waals surface area contributed by atoms with Crippen molar-refractivity contribution in [1.82, 2.24) is 4.90 Å². The summed E-state index contributed by atoms with van der Waals surface area (Å²) < 4.78 is 23.1. The third kappa shape index (κ3) is 5.21. The molecule has 6 heteroatoms. The predicted molar refractivity (Wildman–Crippen MR) is 136 cm³/mol. The van der Waals surface area contributed by atoms with Crippen molar-refractivity contribution in [2.24, 2.45) is 0 Å². The zero-order valence-electron chi connectivity index (χ0n) is 20.9. The van der Waals surface area contributed by atoms with Gasteiger partial charge in [-0.25, -0.2) is 0 Å². The molecule has 1 aliphatic rings. The molecule has 184 valence electrons. The van der Waals surface area contributed by atoms with Gasteiger partial charge in [-0.3, -0.25) is 4.79 Å². The normalized spacial score (nSPS) is 14.7. The number of carbonyl (C=O) groups is 1. The van der Waals surface area contributed by atoms with E-state index in [9.17, 15) is 4.79 Å². The van der Waals surface area contributed by atoms with E-state index in [0.717, 1.165) is 23.3 Å². The van der Waals surface area contributed by atoms with Gasteiger partial charge in [0, 0.05) is 6.54 Å². The van der Waals surface area contributed by atoms with E-state index in [2.05, 4.69) is 19.1 Å². The summed E-state index contributed by atoms with van der Waals surface area (Å²) in [6.07, 6.45) is 1.68. The van der Waals surface area contributed by atoms with E-state index < -0.39 is 0 Å². The zero-order chi connectivity index (χ0) is 24.8. The second kappa shape index (κ2) is 11.2. The number of benzene rings is 3. The molecule has 3 aromatic rings. The molecule has 0 spiro atoms. The molecule has 1 heterocycles. The van der Waals surface area contributed by atoms with E-state index in [1.54, 1.807) is 14.2 Å². The van der Waals surface area contributed by atoms with E-state index in [1.807, 2.05) is 60.4 Å². The van der Waals surface area contributed by atoms with Crippen LogP contribution in [0.4, 0.5) is 0 Å². The number of para-hydroxylation sites is 1. The second-order valence-corrected chi connectivity index (χ2v) is 8.41. The summed E-state index contributed by atoms with van der Waals surface area (Å²) in [6.45, 7) is 5.41. The Morgan fingerprint density at radius 1 is 0.914 bits per heavy atom. The summed E-state index contributed by atoms with van der Waals surface area (Å²) in [5, 5.41) is 0. The van der Waals surface area contributed by atoms with Gasteiger partial charge in [0.2, 0.25) is 0 Å². The van der Waals surface area contributed by atoms with Gasteiger partial charge in [0.05, 0.1) is 32.4 Å². The molecule has 0 aromatic heterocycles. The summed E-state index contributed by atoms with van der Waals surface area (Å²) in [6, 6.07) is 19.2. The lowest BCUT2D eigenvalue weighted by molar-refractivity contribution is 0.0585. The van der Waals surface area contributed by atoms with Gasteiger partial charge in [-0.05, 0) is 72.9 Å². The Hall–Kier alpha value is -3.67. The highest BCUT2D eigenvalue weighted by atomic mass is 16.5. The van der Waals surface area contributed by atoms with Crippen LogP contribution in [0.2, 0.25) is 0 Å². The van der Waals surface area contributed by atoms with Gasteiger partial charge in [-0.1, -0.05) is 31.2 Å². The molecule has 0 aliphatic carbocycles. The smallest absolute Gasteiger partial charge is 0.258 e. The first-order valence-corrected chi connectivity index (χ1v) is 12.1. The van der Waals surface area contributed by atoms with Crippen LogP contribution >= 0.6 is 0 Å². The van der Waals surface area contributed by atoms with Gasteiger partial charge < -0.3 is 23.8 Å². The van der Waals surface area contributed by atoms with Crippen LogP contribution in [0, 0.1) is 0 Å². The fourth-order valence-electron chi connectivity index (χ4n) is 4.53. The van der Waals surface area contributed by atoms with Gasteiger partial charge >= 0.3 is 0 Å². The molecule has 6 nitrogen and oxygen atoms in total. The van der Waals surface area contributed by atoms with Crippen LogP contribution in [0.1, 0.15) is 46.9 Å². The van der Waals surface area contributed by atoms with Gasteiger partial charge in [-0.2, -0.15) is 0 Å². The number of aryl methyl sites for hydroxylation is 1. The van der Waals surface area contributed by atoms with Crippen LogP contribution in [0.5, 0.6) is 23.0 Å². The molecular weight excluding hydrogens is 442 g/mol. The molecular formula is C29H33NO5. The highest BCUT2D eigenvalue weighted by molar-refractivity contribution is 5.97. The standard InChI is InChI=1S/C29H33NO5/c1-5-20-11-13-22(14-12-20)35-19-25-24-18-28(33-4)27(32-3)17-21(24)15-16-30(25)29(31)23-9-7-8-10-26(23)34-6-2/h7-14,17-18,25H,5-6,15-16,19H2,1-4H3. The number of methoxy groups -OCH3 is 2. The van der Waals surface area contributed by atoms with Crippen LogP contribution in [0.15, 0.2) is 60.7 Å². The number of hydrogen-bond donors (Lipinski definition) is 0.